The monoisotopic (exact) mass is 400 g/mol. The Morgan fingerprint density at radius 2 is 1.21 bits per heavy atom. The molecule has 0 heterocycles. The minimum absolute atomic E-state index is 0.0427. The van der Waals surface area contributed by atoms with Crippen LogP contribution in [0.15, 0.2) is 72.8 Å². The molecule has 0 aliphatic carbocycles. The van der Waals surface area contributed by atoms with Crippen molar-refractivity contribution >= 4 is 11.6 Å². The standard InChI is InChI=1S/C22H15F3O4/c23-17-7-1-15(2-8-17)21(27)16-5-9-18(10-6-16)28-13-20(26)14-3-11-19(12-4-14)29-22(24)25/h1-12,22H,13H2. The Morgan fingerprint density at radius 3 is 1.76 bits per heavy atom. The van der Waals surface area contributed by atoms with Crippen molar-refractivity contribution in [1.29, 1.82) is 0 Å². The van der Waals surface area contributed by atoms with E-state index < -0.39 is 12.4 Å². The lowest BCUT2D eigenvalue weighted by Crippen LogP contribution is -2.12. The van der Waals surface area contributed by atoms with Crippen molar-refractivity contribution < 1.29 is 32.2 Å². The Labute approximate surface area is 164 Å². The number of carbonyl (C=O) groups excluding carboxylic acids is 2. The van der Waals surface area contributed by atoms with Gasteiger partial charge >= 0.3 is 6.61 Å². The highest BCUT2D eigenvalue weighted by Crippen LogP contribution is 2.18. The number of benzene rings is 3. The van der Waals surface area contributed by atoms with Crippen LogP contribution >= 0.6 is 0 Å². The molecule has 0 aromatic heterocycles. The van der Waals surface area contributed by atoms with Gasteiger partial charge in [-0.05, 0) is 72.8 Å². The second kappa shape index (κ2) is 9.05. The molecule has 0 amide bonds. The number of hydrogen-bond acceptors (Lipinski definition) is 4. The zero-order valence-electron chi connectivity index (χ0n) is 15.0. The van der Waals surface area contributed by atoms with E-state index in [1.54, 1.807) is 24.3 Å². The summed E-state index contributed by atoms with van der Waals surface area (Å²) < 4.78 is 46.9. The van der Waals surface area contributed by atoms with Crippen LogP contribution in [0.5, 0.6) is 11.5 Å². The van der Waals surface area contributed by atoms with Gasteiger partial charge in [0.25, 0.3) is 0 Å². The molecule has 0 N–H and O–H groups in total. The maximum atomic E-state index is 13.0. The number of rotatable bonds is 8. The van der Waals surface area contributed by atoms with E-state index in [0.29, 0.717) is 16.9 Å². The normalized spacial score (nSPS) is 10.6. The van der Waals surface area contributed by atoms with Crippen molar-refractivity contribution in [2.24, 2.45) is 0 Å². The number of ether oxygens (including phenoxy) is 2. The van der Waals surface area contributed by atoms with E-state index >= 15 is 0 Å². The highest BCUT2D eigenvalue weighted by molar-refractivity contribution is 6.09. The van der Waals surface area contributed by atoms with E-state index in [1.807, 2.05) is 0 Å². The van der Waals surface area contributed by atoms with Crippen LogP contribution < -0.4 is 9.47 Å². The van der Waals surface area contributed by atoms with Crippen molar-refractivity contribution in [3.63, 3.8) is 0 Å². The van der Waals surface area contributed by atoms with Gasteiger partial charge in [-0.2, -0.15) is 8.78 Å². The number of halogens is 3. The maximum absolute atomic E-state index is 13.0. The van der Waals surface area contributed by atoms with Gasteiger partial charge in [-0.1, -0.05) is 0 Å². The fourth-order valence-corrected chi connectivity index (χ4v) is 2.52. The van der Waals surface area contributed by atoms with Gasteiger partial charge in [-0.15, -0.1) is 0 Å². The predicted molar refractivity (Wildman–Crippen MR) is 99.2 cm³/mol. The van der Waals surface area contributed by atoms with Gasteiger partial charge < -0.3 is 9.47 Å². The molecule has 0 saturated carbocycles. The van der Waals surface area contributed by atoms with Crippen molar-refractivity contribution in [1.82, 2.24) is 0 Å². The molecule has 3 aromatic rings. The minimum atomic E-state index is -2.93. The number of hydrogen-bond donors (Lipinski definition) is 0. The molecule has 3 aromatic carbocycles. The Balaban J connectivity index is 1.57. The van der Waals surface area contributed by atoms with E-state index in [4.69, 9.17) is 4.74 Å². The Hall–Kier alpha value is -3.61. The Morgan fingerprint density at radius 1 is 0.724 bits per heavy atom. The molecule has 0 atom stereocenters. The summed E-state index contributed by atoms with van der Waals surface area (Å²) in [7, 11) is 0. The second-order valence-electron chi connectivity index (χ2n) is 5.98. The molecule has 0 unspecified atom stereocenters. The van der Waals surface area contributed by atoms with Crippen LogP contribution in [0.4, 0.5) is 13.2 Å². The average Bonchev–Trinajstić information content (AvgIpc) is 2.72. The summed E-state index contributed by atoms with van der Waals surface area (Å²) in [5.41, 5.74) is 1.04. The number of Topliss-reactive ketones (excluding diaryl/α,β-unsaturated/α-hetero) is 1. The van der Waals surface area contributed by atoms with Crippen LogP contribution in [0.2, 0.25) is 0 Å². The van der Waals surface area contributed by atoms with Gasteiger partial charge in [0.05, 0.1) is 0 Å². The Bertz CT molecular complexity index is 982. The molecule has 0 spiro atoms. The fourth-order valence-electron chi connectivity index (χ4n) is 2.52. The van der Waals surface area contributed by atoms with Gasteiger partial charge in [-0.25, -0.2) is 4.39 Å². The largest absolute Gasteiger partial charge is 0.485 e. The highest BCUT2D eigenvalue weighted by atomic mass is 19.3. The van der Waals surface area contributed by atoms with E-state index in [-0.39, 0.29) is 29.5 Å². The lowest BCUT2D eigenvalue weighted by molar-refractivity contribution is -0.0498. The highest BCUT2D eigenvalue weighted by Gasteiger charge is 2.11. The van der Waals surface area contributed by atoms with Crippen LogP contribution in [-0.4, -0.2) is 24.8 Å². The summed E-state index contributed by atoms with van der Waals surface area (Å²) in [6, 6.07) is 16.7. The molecule has 3 rings (SSSR count). The quantitative estimate of drug-likeness (QED) is 0.504. The topological polar surface area (TPSA) is 52.6 Å². The number of alkyl halides is 2. The SMILES string of the molecule is O=C(COc1ccc(C(=O)c2ccc(F)cc2)cc1)c1ccc(OC(F)F)cc1. The van der Waals surface area contributed by atoms with Crippen molar-refractivity contribution in [2.75, 3.05) is 6.61 Å². The zero-order chi connectivity index (χ0) is 20.8. The fraction of sp³-hybridized carbons (Fsp3) is 0.0909. The zero-order valence-corrected chi connectivity index (χ0v) is 15.0. The van der Waals surface area contributed by atoms with E-state index in [1.165, 1.54) is 48.5 Å². The number of ketones is 2. The summed E-state index contributed by atoms with van der Waals surface area (Å²) in [6.45, 7) is -3.20. The lowest BCUT2D eigenvalue weighted by atomic mass is 10.0. The van der Waals surface area contributed by atoms with Crippen LogP contribution in [0.25, 0.3) is 0 Å². The third-order valence-electron chi connectivity index (χ3n) is 3.99. The summed E-state index contributed by atoms with van der Waals surface area (Å²) >= 11 is 0. The van der Waals surface area contributed by atoms with E-state index in [9.17, 15) is 22.8 Å². The summed E-state index contributed by atoms with van der Waals surface area (Å²) in [5, 5.41) is 0. The van der Waals surface area contributed by atoms with Crippen LogP contribution in [-0.2, 0) is 0 Å². The molecule has 148 valence electrons. The first-order valence-corrected chi connectivity index (χ1v) is 8.53. The molecule has 0 bridgehead atoms. The predicted octanol–water partition coefficient (Wildman–Crippen LogP) is 4.92. The first kappa shape index (κ1) is 20.1. The van der Waals surface area contributed by atoms with Crippen molar-refractivity contribution in [2.45, 2.75) is 6.61 Å². The summed E-state index contributed by atoms with van der Waals surface area (Å²) in [4.78, 5) is 24.5. The van der Waals surface area contributed by atoms with E-state index in [0.717, 1.165) is 0 Å². The number of carbonyl (C=O) groups is 2. The van der Waals surface area contributed by atoms with Gasteiger partial charge in [0.1, 0.15) is 17.3 Å². The molecule has 29 heavy (non-hydrogen) atoms. The molecule has 0 saturated heterocycles. The molecule has 0 radical (unpaired) electrons. The van der Waals surface area contributed by atoms with E-state index in [2.05, 4.69) is 4.74 Å². The van der Waals surface area contributed by atoms with Crippen LogP contribution in [0.1, 0.15) is 26.3 Å². The molecular weight excluding hydrogens is 385 g/mol. The van der Waals surface area contributed by atoms with Gasteiger partial charge in [0, 0.05) is 16.7 Å². The van der Waals surface area contributed by atoms with Gasteiger partial charge in [0.2, 0.25) is 0 Å². The molecular formula is C22H15F3O4. The summed E-state index contributed by atoms with van der Waals surface area (Å²) in [5.74, 6) is -0.699. The molecule has 0 aliphatic rings. The van der Waals surface area contributed by atoms with Crippen molar-refractivity contribution in [3.8, 4) is 11.5 Å². The molecule has 0 fully saturated rings. The third-order valence-corrected chi connectivity index (χ3v) is 3.99. The lowest BCUT2D eigenvalue weighted by Gasteiger charge is -2.08. The van der Waals surface area contributed by atoms with Gasteiger partial charge in [0.15, 0.2) is 18.2 Å². The first-order chi connectivity index (χ1) is 13.9. The first-order valence-electron chi connectivity index (χ1n) is 8.53. The molecule has 0 aliphatic heterocycles. The summed E-state index contributed by atoms with van der Waals surface area (Å²) in [6.07, 6.45) is 0. The third kappa shape index (κ3) is 5.44. The smallest absolute Gasteiger partial charge is 0.387 e. The maximum Gasteiger partial charge on any atom is 0.387 e. The molecule has 7 heteroatoms. The minimum Gasteiger partial charge on any atom is -0.485 e. The van der Waals surface area contributed by atoms with Crippen molar-refractivity contribution in [3.05, 3.63) is 95.3 Å². The average molecular weight is 400 g/mol. The van der Waals surface area contributed by atoms with Crippen LogP contribution in [0.3, 0.4) is 0 Å². The van der Waals surface area contributed by atoms with Crippen LogP contribution in [0, 0.1) is 5.82 Å². The molecule has 4 nitrogen and oxygen atoms in total. The van der Waals surface area contributed by atoms with Gasteiger partial charge in [-0.3, -0.25) is 9.59 Å². The second-order valence-corrected chi connectivity index (χ2v) is 5.98. The Kier molecular flexibility index (Phi) is 6.29.